The summed E-state index contributed by atoms with van der Waals surface area (Å²) in [6, 6.07) is 12.7. The van der Waals surface area contributed by atoms with Gasteiger partial charge in [-0.05, 0) is 36.1 Å². The van der Waals surface area contributed by atoms with Crippen molar-refractivity contribution in [2.45, 2.75) is 32.7 Å². The number of fused-ring (bicyclic) bond motifs is 1. The summed E-state index contributed by atoms with van der Waals surface area (Å²) >= 11 is 0. The average molecular weight is 489 g/mol. The Morgan fingerprint density at radius 1 is 1.14 bits per heavy atom. The standard InChI is InChI=1S/C28H32N4O4/c1-18(2)20-7-9-21(10-8-20)25-23(26(33)24-19(3)29-22-6-4-5-11-31(22)24)27(34)28(35)32(25)13-12-30-14-16-36-17-15-30/h4-11,18,25,33H,12-17H2,1-3H3. The quantitative estimate of drug-likeness (QED) is 0.316. The molecule has 1 aromatic carbocycles. The Bertz CT molecular complexity index is 1320. The normalized spacial score (nSPS) is 20.7. The molecule has 2 saturated heterocycles. The molecule has 5 rings (SSSR count). The van der Waals surface area contributed by atoms with Crippen LogP contribution in [-0.2, 0) is 14.3 Å². The predicted octanol–water partition coefficient (Wildman–Crippen LogP) is 0.905. The van der Waals surface area contributed by atoms with Crippen LogP contribution in [0, 0.1) is 6.92 Å². The summed E-state index contributed by atoms with van der Waals surface area (Å²) in [5.74, 6) is -1.43. The molecule has 0 radical (unpaired) electrons. The average Bonchev–Trinajstić information content (AvgIpc) is 3.35. The molecule has 8 nitrogen and oxygen atoms in total. The number of morpholine rings is 1. The SMILES string of the molecule is Cc1nc2ccccn2c1C([O-])=C1C(=O)C(=O)N(CC[NH+]2CCOCC2)C1c1ccc(C(C)C)cc1. The maximum atomic E-state index is 14.0. The van der Waals surface area contributed by atoms with Gasteiger partial charge in [-0.2, -0.15) is 0 Å². The molecule has 0 spiro atoms. The predicted molar refractivity (Wildman–Crippen MR) is 133 cm³/mol. The number of aryl methyl sites for hydroxylation is 1. The third-order valence-electron chi connectivity index (χ3n) is 7.27. The highest BCUT2D eigenvalue weighted by atomic mass is 16.5. The van der Waals surface area contributed by atoms with Gasteiger partial charge in [-0.1, -0.05) is 49.9 Å². The van der Waals surface area contributed by atoms with E-state index in [1.165, 1.54) is 4.90 Å². The van der Waals surface area contributed by atoms with E-state index in [4.69, 9.17) is 4.74 Å². The Morgan fingerprint density at radius 3 is 2.56 bits per heavy atom. The number of rotatable bonds is 6. The molecule has 2 fully saturated rings. The molecule has 188 valence electrons. The minimum Gasteiger partial charge on any atom is -0.871 e. The Labute approximate surface area is 210 Å². The number of carbonyl (C=O) groups excluding carboxylic acids is 2. The Morgan fingerprint density at radius 2 is 1.86 bits per heavy atom. The van der Waals surface area contributed by atoms with Gasteiger partial charge in [-0.15, -0.1) is 0 Å². The van der Waals surface area contributed by atoms with Gasteiger partial charge in [0.25, 0.3) is 5.91 Å². The fraction of sp³-hybridized carbons (Fsp3) is 0.393. The highest BCUT2D eigenvalue weighted by Crippen LogP contribution is 2.39. The fourth-order valence-electron chi connectivity index (χ4n) is 5.21. The van der Waals surface area contributed by atoms with Gasteiger partial charge in [-0.25, -0.2) is 4.98 Å². The van der Waals surface area contributed by atoms with Gasteiger partial charge in [0.2, 0.25) is 5.78 Å². The molecule has 2 aliphatic heterocycles. The lowest BCUT2D eigenvalue weighted by molar-refractivity contribution is -0.907. The summed E-state index contributed by atoms with van der Waals surface area (Å²) in [5.41, 5.74) is 3.41. The topological polar surface area (TPSA) is 91.4 Å². The van der Waals surface area contributed by atoms with Crippen LogP contribution in [0.2, 0.25) is 0 Å². The molecule has 1 atom stereocenters. The number of nitrogens with one attached hydrogen (secondary N) is 1. The largest absolute Gasteiger partial charge is 0.871 e. The van der Waals surface area contributed by atoms with Crippen molar-refractivity contribution in [2.24, 2.45) is 0 Å². The molecule has 1 amide bonds. The summed E-state index contributed by atoms with van der Waals surface area (Å²) in [5, 5.41) is 14.0. The molecular formula is C28H32N4O4. The van der Waals surface area contributed by atoms with Crippen LogP contribution in [0.1, 0.15) is 48.3 Å². The minimum atomic E-state index is -0.729. The maximum absolute atomic E-state index is 14.0. The number of aromatic nitrogens is 2. The lowest BCUT2D eigenvalue weighted by Gasteiger charge is -2.30. The van der Waals surface area contributed by atoms with E-state index < -0.39 is 23.5 Å². The lowest BCUT2D eigenvalue weighted by atomic mass is 9.94. The van der Waals surface area contributed by atoms with Gasteiger partial charge in [-0.3, -0.25) is 9.59 Å². The number of Topliss-reactive ketones (excluding diaryl/α,β-unsaturated/α-hetero) is 1. The highest BCUT2D eigenvalue weighted by molar-refractivity contribution is 6.46. The van der Waals surface area contributed by atoms with Crippen molar-refractivity contribution in [3.05, 3.63) is 76.7 Å². The third-order valence-corrected chi connectivity index (χ3v) is 7.27. The van der Waals surface area contributed by atoms with E-state index in [9.17, 15) is 14.7 Å². The summed E-state index contributed by atoms with van der Waals surface area (Å²) in [6.45, 7) is 10.2. The molecule has 3 aromatic rings. The van der Waals surface area contributed by atoms with E-state index in [1.54, 1.807) is 22.4 Å². The second-order valence-electron chi connectivity index (χ2n) is 9.88. The summed E-state index contributed by atoms with van der Waals surface area (Å²) in [6.07, 6.45) is 1.76. The van der Waals surface area contributed by atoms with Crippen molar-refractivity contribution in [3.63, 3.8) is 0 Å². The first-order chi connectivity index (χ1) is 17.4. The van der Waals surface area contributed by atoms with Crippen molar-refractivity contribution in [1.82, 2.24) is 14.3 Å². The van der Waals surface area contributed by atoms with Gasteiger partial charge in [0.15, 0.2) is 0 Å². The summed E-state index contributed by atoms with van der Waals surface area (Å²) < 4.78 is 7.15. The molecule has 0 saturated carbocycles. The number of amides is 1. The summed E-state index contributed by atoms with van der Waals surface area (Å²) in [4.78, 5) is 34.1. The zero-order valence-electron chi connectivity index (χ0n) is 21.0. The van der Waals surface area contributed by atoms with Gasteiger partial charge in [0, 0.05) is 11.8 Å². The van der Waals surface area contributed by atoms with Crippen molar-refractivity contribution in [3.8, 4) is 0 Å². The second kappa shape index (κ2) is 9.87. The number of imidazole rings is 1. The number of ether oxygens (including phenoxy) is 1. The van der Waals surface area contributed by atoms with E-state index in [0.717, 1.165) is 24.2 Å². The molecule has 2 aromatic heterocycles. The Hall–Kier alpha value is -3.49. The van der Waals surface area contributed by atoms with Crippen LogP contribution in [0.3, 0.4) is 0 Å². The molecule has 4 heterocycles. The van der Waals surface area contributed by atoms with E-state index in [-0.39, 0.29) is 5.57 Å². The van der Waals surface area contributed by atoms with Crippen LogP contribution in [0.25, 0.3) is 11.4 Å². The molecule has 0 aliphatic carbocycles. The first-order valence-corrected chi connectivity index (χ1v) is 12.6. The first kappa shape index (κ1) is 24.2. The van der Waals surface area contributed by atoms with Gasteiger partial charge in [0.1, 0.15) is 18.7 Å². The van der Waals surface area contributed by atoms with Crippen LogP contribution < -0.4 is 10.0 Å². The van der Waals surface area contributed by atoms with E-state index in [1.807, 2.05) is 42.5 Å². The van der Waals surface area contributed by atoms with Crippen LogP contribution in [0.4, 0.5) is 0 Å². The van der Waals surface area contributed by atoms with Crippen molar-refractivity contribution in [2.75, 3.05) is 39.4 Å². The number of hydrogen-bond acceptors (Lipinski definition) is 5. The second-order valence-corrected chi connectivity index (χ2v) is 9.88. The Kier molecular flexibility index (Phi) is 6.64. The van der Waals surface area contributed by atoms with Gasteiger partial charge in [0.05, 0.1) is 43.7 Å². The minimum absolute atomic E-state index is 0.00280. The molecule has 1 N–H and O–H groups in total. The number of quaternary nitrogens is 1. The van der Waals surface area contributed by atoms with Crippen molar-refractivity contribution < 1.29 is 24.3 Å². The number of hydrogen-bond donors (Lipinski definition) is 1. The van der Waals surface area contributed by atoms with Crippen LogP contribution in [0.15, 0.2) is 54.2 Å². The van der Waals surface area contributed by atoms with E-state index in [0.29, 0.717) is 49.3 Å². The fourth-order valence-corrected chi connectivity index (χ4v) is 5.21. The monoisotopic (exact) mass is 488 g/mol. The molecule has 36 heavy (non-hydrogen) atoms. The van der Waals surface area contributed by atoms with Gasteiger partial charge < -0.3 is 24.0 Å². The first-order valence-electron chi connectivity index (χ1n) is 12.6. The zero-order chi connectivity index (χ0) is 25.4. The van der Waals surface area contributed by atoms with E-state index >= 15 is 0 Å². The summed E-state index contributed by atoms with van der Waals surface area (Å²) in [7, 11) is 0. The number of likely N-dealkylation sites (tertiary alicyclic amines) is 1. The molecule has 0 bridgehead atoms. The molecule has 8 heteroatoms. The van der Waals surface area contributed by atoms with E-state index in [2.05, 4.69) is 18.8 Å². The smallest absolute Gasteiger partial charge is 0.295 e. The van der Waals surface area contributed by atoms with Crippen molar-refractivity contribution >= 4 is 23.1 Å². The molecule has 1 unspecified atom stereocenters. The number of pyridine rings is 1. The number of carbonyl (C=O) groups is 2. The Balaban J connectivity index is 1.60. The molecular weight excluding hydrogens is 456 g/mol. The van der Waals surface area contributed by atoms with Crippen LogP contribution >= 0.6 is 0 Å². The van der Waals surface area contributed by atoms with Crippen LogP contribution in [0.5, 0.6) is 0 Å². The number of benzene rings is 1. The number of ketones is 1. The molecule has 2 aliphatic rings. The van der Waals surface area contributed by atoms with Crippen LogP contribution in [-0.4, -0.2) is 65.4 Å². The third kappa shape index (κ3) is 4.31. The highest BCUT2D eigenvalue weighted by Gasteiger charge is 2.44. The lowest BCUT2D eigenvalue weighted by Crippen LogP contribution is -3.14. The van der Waals surface area contributed by atoms with Crippen molar-refractivity contribution in [1.29, 1.82) is 0 Å². The number of nitrogens with zero attached hydrogens (tertiary/aromatic N) is 3. The maximum Gasteiger partial charge on any atom is 0.295 e. The van der Waals surface area contributed by atoms with Gasteiger partial charge >= 0.3 is 0 Å². The zero-order valence-corrected chi connectivity index (χ0v) is 21.0.